The Morgan fingerprint density at radius 2 is 0.788 bits per heavy atom. The van der Waals surface area contributed by atoms with Gasteiger partial charge in [0.1, 0.15) is 11.5 Å². The molecule has 8 rings (SSSR count). The molecule has 2 aromatic heterocycles. The Bertz CT molecular complexity index is 2440. The van der Waals surface area contributed by atoms with Gasteiger partial charge >= 0.3 is 11.9 Å². The highest BCUT2D eigenvalue weighted by Crippen LogP contribution is 2.41. The monoisotopic (exact) mass is 686 g/mol. The summed E-state index contributed by atoms with van der Waals surface area (Å²) in [4.78, 5) is 23.5. The smallest absolute Gasteiger partial charge is 0.335 e. The summed E-state index contributed by atoms with van der Waals surface area (Å²) in [5.41, 5.74) is 8.38. The second-order valence-corrected chi connectivity index (χ2v) is 12.7. The molecule has 2 heterocycles. The van der Waals surface area contributed by atoms with Crippen LogP contribution in [-0.4, -0.2) is 36.4 Å². The van der Waals surface area contributed by atoms with E-state index in [2.05, 4.69) is 81.9 Å². The van der Waals surface area contributed by atoms with E-state index in [1.54, 1.807) is 38.5 Å². The van der Waals surface area contributed by atoms with E-state index >= 15 is 0 Å². The average molecular weight is 687 g/mol. The summed E-state index contributed by atoms with van der Waals surface area (Å²) in [6.45, 7) is 0.923. The predicted octanol–water partition coefficient (Wildman–Crippen LogP) is 8.05. The molecule has 8 heteroatoms. The fraction of sp³-hybridized carbons (Fsp3) is 0.0909. The number of fused-ring (bicyclic) bond motifs is 4. The van der Waals surface area contributed by atoms with Gasteiger partial charge in [0.2, 0.25) is 22.1 Å². The largest absolute Gasteiger partial charge is 0.496 e. The molecule has 0 amide bonds. The van der Waals surface area contributed by atoms with Gasteiger partial charge in [-0.1, -0.05) is 48.5 Å². The molecule has 8 nitrogen and oxygen atoms in total. The van der Waals surface area contributed by atoms with E-state index < -0.39 is 11.9 Å². The summed E-state index contributed by atoms with van der Waals surface area (Å²) in [5.74, 6) is -0.972. The molecule has 0 fully saturated rings. The summed E-state index contributed by atoms with van der Waals surface area (Å²) in [5, 5.41) is 23.5. The highest BCUT2D eigenvalue weighted by atomic mass is 16.5. The third-order valence-corrected chi connectivity index (χ3v) is 9.83. The van der Waals surface area contributed by atoms with Gasteiger partial charge in [0.25, 0.3) is 0 Å². The van der Waals surface area contributed by atoms with Crippen LogP contribution in [-0.2, 0) is 13.1 Å². The first kappa shape index (κ1) is 32.4. The average Bonchev–Trinajstić information content (AvgIpc) is 3.18. The predicted molar refractivity (Wildman–Crippen MR) is 200 cm³/mol. The van der Waals surface area contributed by atoms with Crippen molar-refractivity contribution in [2.45, 2.75) is 13.1 Å². The molecule has 0 aliphatic rings. The molecule has 0 bridgehead atoms. The van der Waals surface area contributed by atoms with E-state index in [-0.39, 0.29) is 11.1 Å². The number of carbonyl (C=O) groups is 2. The minimum absolute atomic E-state index is 0.173. The number of methoxy groups -OCH3 is 2. The van der Waals surface area contributed by atoms with Crippen molar-refractivity contribution in [3.8, 4) is 22.6 Å². The topological polar surface area (TPSA) is 101 Å². The molecule has 0 unspecified atom stereocenters. The Kier molecular flexibility index (Phi) is 8.20. The van der Waals surface area contributed by atoms with E-state index in [0.717, 1.165) is 65.9 Å². The number of carboxylic acids is 2. The van der Waals surface area contributed by atoms with E-state index in [1.165, 1.54) is 0 Å². The summed E-state index contributed by atoms with van der Waals surface area (Å²) >= 11 is 0. The van der Waals surface area contributed by atoms with Crippen molar-refractivity contribution in [2.24, 2.45) is 0 Å². The van der Waals surface area contributed by atoms with Gasteiger partial charge < -0.3 is 19.7 Å². The Morgan fingerprint density at radius 1 is 0.481 bits per heavy atom. The maximum Gasteiger partial charge on any atom is 0.335 e. The minimum Gasteiger partial charge on any atom is -0.496 e. The summed E-state index contributed by atoms with van der Waals surface area (Å²) in [7, 11) is 3.13. The van der Waals surface area contributed by atoms with Crippen molar-refractivity contribution >= 4 is 55.6 Å². The number of para-hydroxylation sites is 4. The molecule has 254 valence electrons. The van der Waals surface area contributed by atoms with Crippen LogP contribution in [0.15, 0.2) is 133 Å². The van der Waals surface area contributed by atoms with Crippen LogP contribution < -0.4 is 18.6 Å². The Labute approximate surface area is 299 Å². The molecular weight excluding hydrogens is 652 g/mol. The molecule has 0 aliphatic carbocycles. The zero-order valence-corrected chi connectivity index (χ0v) is 28.5. The van der Waals surface area contributed by atoms with Crippen LogP contribution in [0.4, 0.5) is 0 Å². The SMILES string of the molecule is COc1cc(C(=O)O)ccc1C[n+]1c2ccccc2c(-c2c3ccccc3[n+](Cc3ccc(C(=O)O)cc3OC)c3ccccc23)c2ccccc21. The number of nitrogens with zero attached hydrogens (tertiary/aromatic N) is 2. The molecule has 6 aromatic carbocycles. The van der Waals surface area contributed by atoms with Crippen LogP contribution in [0.25, 0.3) is 54.7 Å². The number of aromatic carboxylic acids is 2. The van der Waals surface area contributed by atoms with Gasteiger partial charge in [-0.25, -0.2) is 9.59 Å². The molecule has 0 saturated carbocycles. The normalized spacial score (nSPS) is 11.3. The van der Waals surface area contributed by atoms with Crippen LogP contribution in [0.5, 0.6) is 11.5 Å². The van der Waals surface area contributed by atoms with Gasteiger partial charge in [0, 0.05) is 35.4 Å². The first-order valence-electron chi connectivity index (χ1n) is 16.8. The molecule has 2 N–H and O–H groups in total. The van der Waals surface area contributed by atoms with Crippen LogP contribution in [0, 0.1) is 0 Å². The summed E-state index contributed by atoms with van der Waals surface area (Å²) in [6.07, 6.45) is 0. The molecule has 0 saturated heterocycles. The fourth-order valence-corrected chi connectivity index (χ4v) is 7.47. The quantitative estimate of drug-likeness (QED) is 0.118. The molecular formula is C44H34N2O6+2. The number of carboxylic acid groups (broad SMARTS) is 2. The standard InChI is InChI=1S/C44H32N2O6/c1-51-39-23-27(43(47)48)19-21-29(39)25-45-35-15-7-3-11-31(35)41(32-12-4-8-16-36(32)45)42-33-13-5-9-17-37(33)46(38-18-10-6-14-34(38)42)26-30-22-20-28(44(49)50)24-40(30)52-2/h3-24H,25-26H2,1-2H3/p+2. The number of rotatable bonds is 9. The van der Waals surface area contributed by atoms with E-state index in [4.69, 9.17) is 9.47 Å². The van der Waals surface area contributed by atoms with Crippen molar-refractivity contribution in [2.75, 3.05) is 14.2 Å². The highest BCUT2D eigenvalue weighted by molar-refractivity contribution is 6.18. The van der Waals surface area contributed by atoms with Crippen molar-refractivity contribution in [3.05, 3.63) is 156 Å². The molecule has 0 aliphatic heterocycles. The second kappa shape index (κ2) is 13.2. The minimum atomic E-state index is -1.00. The van der Waals surface area contributed by atoms with Crippen LogP contribution >= 0.6 is 0 Å². The van der Waals surface area contributed by atoms with Crippen molar-refractivity contribution in [1.82, 2.24) is 0 Å². The van der Waals surface area contributed by atoms with Crippen LogP contribution in [0.2, 0.25) is 0 Å². The Hall–Kier alpha value is -6.80. The van der Waals surface area contributed by atoms with E-state index in [9.17, 15) is 19.8 Å². The van der Waals surface area contributed by atoms with Crippen molar-refractivity contribution < 1.29 is 38.4 Å². The third-order valence-electron chi connectivity index (χ3n) is 9.83. The molecule has 0 atom stereocenters. The van der Waals surface area contributed by atoms with Crippen LogP contribution in [0.3, 0.4) is 0 Å². The number of pyridine rings is 2. The highest BCUT2D eigenvalue weighted by Gasteiger charge is 2.28. The lowest BCUT2D eigenvalue weighted by atomic mass is 9.90. The van der Waals surface area contributed by atoms with Gasteiger partial charge in [-0.3, -0.25) is 0 Å². The maximum absolute atomic E-state index is 11.7. The molecule has 52 heavy (non-hydrogen) atoms. The van der Waals surface area contributed by atoms with Gasteiger partial charge in [-0.15, -0.1) is 0 Å². The number of hydrogen-bond acceptors (Lipinski definition) is 4. The van der Waals surface area contributed by atoms with Crippen molar-refractivity contribution in [1.29, 1.82) is 0 Å². The molecule has 8 aromatic rings. The first-order valence-corrected chi connectivity index (χ1v) is 16.8. The summed E-state index contributed by atoms with van der Waals surface area (Å²) in [6, 6.07) is 43.6. The number of hydrogen-bond donors (Lipinski definition) is 2. The van der Waals surface area contributed by atoms with E-state index in [0.29, 0.717) is 24.6 Å². The van der Waals surface area contributed by atoms with Gasteiger partial charge in [-0.05, 0) is 60.7 Å². The number of aromatic nitrogens is 2. The van der Waals surface area contributed by atoms with Gasteiger partial charge in [0.05, 0.1) is 58.0 Å². The fourth-order valence-electron chi connectivity index (χ4n) is 7.47. The zero-order valence-electron chi connectivity index (χ0n) is 28.5. The van der Waals surface area contributed by atoms with Gasteiger partial charge in [-0.2, -0.15) is 9.13 Å². The Balaban J connectivity index is 1.41. The van der Waals surface area contributed by atoms with Gasteiger partial charge in [0.15, 0.2) is 13.1 Å². The zero-order chi connectivity index (χ0) is 35.9. The number of ether oxygens (including phenoxy) is 2. The molecule has 0 spiro atoms. The summed E-state index contributed by atoms with van der Waals surface area (Å²) < 4.78 is 15.9. The lowest BCUT2D eigenvalue weighted by Crippen LogP contribution is -2.37. The lowest BCUT2D eigenvalue weighted by Gasteiger charge is -2.17. The Morgan fingerprint density at radius 3 is 1.08 bits per heavy atom. The number of benzene rings is 6. The van der Waals surface area contributed by atoms with E-state index in [1.807, 2.05) is 36.4 Å². The van der Waals surface area contributed by atoms with Crippen LogP contribution in [0.1, 0.15) is 31.8 Å². The van der Waals surface area contributed by atoms with Crippen molar-refractivity contribution in [3.63, 3.8) is 0 Å². The molecule has 0 radical (unpaired) electrons. The lowest BCUT2D eigenvalue weighted by molar-refractivity contribution is -0.636. The first-order chi connectivity index (χ1) is 25.4. The second-order valence-electron chi connectivity index (χ2n) is 12.7. The maximum atomic E-state index is 11.7. The third kappa shape index (κ3) is 5.41.